The Morgan fingerprint density at radius 3 is 2.46 bits per heavy atom. The molecule has 1 unspecified atom stereocenters. The molecule has 4 heteroatoms. The van der Waals surface area contributed by atoms with Crippen LogP contribution in [0.15, 0.2) is 12.8 Å². The molecule has 0 amide bonds. The Kier molecular flexibility index (Phi) is 3.36. The monoisotopic (exact) mass is 204 g/mol. The van der Waals surface area contributed by atoms with Crippen LogP contribution in [0.3, 0.4) is 0 Å². The van der Waals surface area contributed by atoms with E-state index in [2.05, 4.69) is 6.58 Å². The third kappa shape index (κ3) is 3.03. The number of ether oxygens (including phenoxy) is 1. The van der Waals surface area contributed by atoms with E-state index in [1.165, 1.54) is 6.26 Å². The van der Waals surface area contributed by atoms with E-state index in [4.69, 9.17) is 4.74 Å². The van der Waals surface area contributed by atoms with E-state index in [1.54, 1.807) is 0 Å². The zero-order valence-corrected chi connectivity index (χ0v) is 8.72. The highest BCUT2D eigenvalue weighted by atomic mass is 32.2. The molecular weight excluding hydrogens is 188 g/mol. The molecule has 1 aliphatic heterocycles. The maximum atomic E-state index is 11.1. The van der Waals surface area contributed by atoms with Gasteiger partial charge in [-0.3, -0.25) is 0 Å². The summed E-state index contributed by atoms with van der Waals surface area (Å²) in [7, 11) is -2.75. The second kappa shape index (κ2) is 4.13. The minimum absolute atomic E-state index is 0.0907. The van der Waals surface area contributed by atoms with Crippen LogP contribution in [0.2, 0.25) is 0 Å². The molecule has 76 valence electrons. The van der Waals surface area contributed by atoms with Crippen LogP contribution in [0.4, 0.5) is 0 Å². The smallest absolute Gasteiger partial charge is 0.150 e. The van der Waals surface area contributed by atoms with Crippen LogP contribution in [0.5, 0.6) is 0 Å². The van der Waals surface area contributed by atoms with Crippen LogP contribution in [0.1, 0.15) is 19.8 Å². The summed E-state index contributed by atoms with van der Waals surface area (Å²) in [6, 6.07) is 0. The molecule has 0 saturated carbocycles. The van der Waals surface area contributed by atoms with Crippen molar-refractivity contribution in [1.29, 1.82) is 0 Å². The van der Waals surface area contributed by atoms with Crippen LogP contribution in [0, 0.1) is 5.92 Å². The van der Waals surface area contributed by atoms with Crippen LogP contribution in [0.25, 0.3) is 0 Å². The molecule has 1 rings (SSSR count). The average molecular weight is 204 g/mol. The zero-order chi connectivity index (χ0) is 9.90. The summed E-state index contributed by atoms with van der Waals surface area (Å²) in [6.45, 7) is 5.45. The summed E-state index contributed by atoms with van der Waals surface area (Å²) in [5.41, 5.74) is 0. The van der Waals surface area contributed by atoms with Crippen LogP contribution in [-0.2, 0) is 14.6 Å². The van der Waals surface area contributed by atoms with Gasteiger partial charge in [-0.05, 0) is 25.7 Å². The zero-order valence-electron chi connectivity index (χ0n) is 7.90. The van der Waals surface area contributed by atoms with Crippen molar-refractivity contribution >= 4 is 9.84 Å². The first kappa shape index (κ1) is 10.6. The van der Waals surface area contributed by atoms with E-state index in [9.17, 15) is 8.42 Å². The van der Waals surface area contributed by atoms with Crippen LogP contribution in [-0.4, -0.2) is 26.0 Å². The number of hydrogen-bond acceptors (Lipinski definition) is 3. The number of rotatable bonds is 3. The van der Waals surface area contributed by atoms with Gasteiger partial charge in [0.25, 0.3) is 0 Å². The van der Waals surface area contributed by atoms with Crippen molar-refractivity contribution in [1.82, 2.24) is 0 Å². The van der Waals surface area contributed by atoms with E-state index < -0.39 is 9.84 Å². The molecule has 0 bridgehead atoms. The molecule has 1 atom stereocenters. The first-order valence-electron chi connectivity index (χ1n) is 4.52. The minimum Gasteiger partial charge on any atom is -0.499 e. The summed E-state index contributed by atoms with van der Waals surface area (Å²) >= 11 is 0. The molecule has 0 aromatic rings. The first-order chi connectivity index (χ1) is 6.05. The quantitative estimate of drug-likeness (QED) is 0.652. The van der Waals surface area contributed by atoms with Gasteiger partial charge in [0.2, 0.25) is 0 Å². The molecular formula is C9H16O3S. The van der Waals surface area contributed by atoms with Crippen molar-refractivity contribution in [3.05, 3.63) is 12.8 Å². The van der Waals surface area contributed by atoms with Crippen molar-refractivity contribution in [3.63, 3.8) is 0 Å². The number of sulfone groups is 1. The standard InChI is InChI=1S/C9H16O3S/c1-3-12-8(2)9-4-6-13(10,11)7-5-9/h3,8-9H,1,4-7H2,2H3. The maximum Gasteiger partial charge on any atom is 0.150 e. The molecule has 0 spiro atoms. The lowest BCUT2D eigenvalue weighted by atomic mass is 9.97. The molecule has 0 aromatic heterocycles. The second-order valence-corrected chi connectivity index (χ2v) is 5.80. The molecule has 1 saturated heterocycles. The Balaban J connectivity index is 2.45. The average Bonchev–Trinajstić information content (AvgIpc) is 2.04. The topological polar surface area (TPSA) is 43.4 Å². The summed E-state index contributed by atoms with van der Waals surface area (Å²) in [6.07, 6.45) is 2.95. The van der Waals surface area contributed by atoms with E-state index in [0.29, 0.717) is 17.4 Å². The lowest BCUT2D eigenvalue weighted by Gasteiger charge is -2.26. The fourth-order valence-electron chi connectivity index (χ4n) is 1.64. The normalized spacial score (nSPS) is 25.0. The van der Waals surface area contributed by atoms with Gasteiger partial charge in [0, 0.05) is 0 Å². The summed E-state index contributed by atoms with van der Waals surface area (Å²) < 4.78 is 27.4. The van der Waals surface area contributed by atoms with Gasteiger partial charge in [-0.25, -0.2) is 8.42 Å². The van der Waals surface area contributed by atoms with E-state index in [0.717, 1.165) is 12.8 Å². The molecule has 0 aromatic carbocycles. The Hall–Kier alpha value is -0.510. The minimum atomic E-state index is -2.75. The Morgan fingerprint density at radius 1 is 1.46 bits per heavy atom. The lowest BCUT2D eigenvalue weighted by molar-refractivity contribution is 0.0972. The van der Waals surface area contributed by atoms with Gasteiger partial charge in [0.1, 0.15) is 9.84 Å². The molecule has 0 radical (unpaired) electrons. The van der Waals surface area contributed by atoms with Gasteiger partial charge in [-0.15, -0.1) is 0 Å². The first-order valence-corrected chi connectivity index (χ1v) is 6.34. The highest BCUT2D eigenvalue weighted by Crippen LogP contribution is 2.23. The molecule has 0 aliphatic carbocycles. The molecule has 1 fully saturated rings. The Labute approximate surface area is 79.7 Å². The predicted octanol–water partition coefficient (Wildman–Crippen LogP) is 1.36. The van der Waals surface area contributed by atoms with Crippen molar-refractivity contribution in [2.75, 3.05) is 11.5 Å². The van der Waals surface area contributed by atoms with Crippen molar-refractivity contribution in [2.45, 2.75) is 25.9 Å². The van der Waals surface area contributed by atoms with Gasteiger partial charge in [-0.1, -0.05) is 6.58 Å². The molecule has 0 N–H and O–H groups in total. The van der Waals surface area contributed by atoms with Gasteiger partial charge in [-0.2, -0.15) is 0 Å². The fraction of sp³-hybridized carbons (Fsp3) is 0.778. The van der Waals surface area contributed by atoms with Crippen molar-refractivity contribution < 1.29 is 13.2 Å². The van der Waals surface area contributed by atoms with E-state index >= 15 is 0 Å². The highest BCUT2D eigenvalue weighted by molar-refractivity contribution is 7.91. The molecule has 1 aliphatic rings. The lowest BCUT2D eigenvalue weighted by Crippen LogP contribution is -2.30. The Morgan fingerprint density at radius 2 is 2.00 bits per heavy atom. The highest BCUT2D eigenvalue weighted by Gasteiger charge is 2.27. The number of hydrogen-bond donors (Lipinski definition) is 0. The Bertz CT molecular complexity index is 255. The van der Waals surface area contributed by atoms with Crippen molar-refractivity contribution in [2.24, 2.45) is 5.92 Å². The largest absolute Gasteiger partial charge is 0.499 e. The second-order valence-electron chi connectivity index (χ2n) is 3.50. The van der Waals surface area contributed by atoms with E-state index in [1.807, 2.05) is 6.92 Å². The van der Waals surface area contributed by atoms with Gasteiger partial charge < -0.3 is 4.74 Å². The summed E-state index contributed by atoms with van der Waals surface area (Å²) in [4.78, 5) is 0. The third-order valence-electron chi connectivity index (χ3n) is 2.57. The SMILES string of the molecule is C=COC(C)C1CCS(=O)(=O)CC1. The molecule has 3 nitrogen and oxygen atoms in total. The predicted molar refractivity (Wildman–Crippen MR) is 52.1 cm³/mol. The summed E-state index contributed by atoms with van der Waals surface area (Å²) in [5.74, 6) is 0.979. The van der Waals surface area contributed by atoms with Crippen LogP contribution < -0.4 is 0 Å². The van der Waals surface area contributed by atoms with Gasteiger partial charge in [0.05, 0.1) is 23.9 Å². The summed E-state index contributed by atoms with van der Waals surface area (Å²) in [5, 5.41) is 0. The maximum absolute atomic E-state index is 11.1. The van der Waals surface area contributed by atoms with Gasteiger partial charge >= 0.3 is 0 Å². The van der Waals surface area contributed by atoms with Crippen molar-refractivity contribution in [3.8, 4) is 0 Å². The third-order valence-corrected chi connectivity index (χ3v) is 4.29. The van der Waals surface area contributed by atoms with E-state index in [-0.39, 0.29) is 6.10 Å². The molecule has 1 heterocycles. The van der Waals surface area contributed by atoms with Gasteiger partial charge in [0.15, 0.2) is 0 Å². The molecule has 13 heavy (non-hydrogen) atoms. The van der Waals surface area contributed by atoms with Crippen LogP contribution >= 0.6 is 0 Å². The fourth-order valence-corrected chi connectivity index (χ4v) is 3.17.